The van der Waals surface area contributed by atoms with Gasteiger partial charge in [-0.05, 0) is 24.2 Å². The molecular weight excluding hydrogens is 383 g/mol. The number of anilines is 1. The Bertz CT molecular complexity index is 740. The summed E-state index contributed by atoms with van der Waals surface area (Å²) in [7, 11) is 0. The smallest absolute Gasteiger partial charge is 0.344 e. The zero-order chi connectivity index (χ0) is 17.7. The first kappa shape index (κ1) is 18.4. The third-order valence-corrected chi connectivity index (χ3v) is 3.39. The molecule has 1 N–H and O–H groups in total. The minimum absolute atomic E-state index is 0.147. The topological polar surface area (TPSA) is 90.7 Å². The maximum atomic E-state index is 11.8. The highest BCUT2D eigenvalue weighted by Crippen LogP contribution is 2.33. The number of aryl methyl sites for hydroxylation is 1. The van der Waals surface area contributed by atoms with Crippen LogP contribution in [0.3, 0.4) is 0 Å². The molecule has 0 bridgehead atoms. The van der Waals surface area contributed by atoms with Crippen molar-refractivity contribution in [3.63, 3.8) is 0 Å². The molecule has 1 amide bonds. The van der Waals surface area contributed by atoms with Crippen LogP contribution in [0.5, 0.6) is 5.88 Å². The SMILES string of the molecule is Cc1cc(OCC(=O)OCC(=O)Nc2c(Cl)cc(Cl)cc2Cl)no1. The molecule has 24 heavy (non-hydrogen) atoms. The van der Waals surface area contributed by atoms with Gasteiger partial charge in [-0.3, -0.25) is 4.79 Å². The molecule has 0 atom stereocenters. The van der Waals surface area contributed by atoms with Crippen LogP contribution in [-0.2, 0) is 14.3 Å². The summed E-state index contributed by atoms with van der Waals surface area (Å²) in [5.74, 6) is -0.686. The summed E-state index contributed by atoms with van der Waals surface area (Å²) >= 11 is 17.6. The van der Waals surface area contributed by atoms with E-state index in [2.05, 4.69) is 10.5 Å². The Balaban J connectivity index is 1.79. The van der Waals surface area contributed by atoms with E-state index in [-0.39, 0.29) is 21.6 Å². The van der Waals surface area contributed by atoms with Crippen LogP contribution in [0.4, 0.5) is 5.69 Å². The van der Waals surface area contributed by atoms with E-state index in [0.717, 1.165) is 0 Å². The average Bonchev–Trinajstić information content (AvgIpc) is 2.92. The number of esters is 1. The van der Waals surface area contributed by atoms with Crippen LogP contribution >= 0.6 is 34.8 Å². The average molecular weight is 394 g/mol. The summed E-state index contributed by atoms with van der Waals surface area (Å²) < 4.78 is 14.6. The van der Waals surface area contributed by atoms with E-state index in [1.54, 1.807) is 6.92 Å². The zero-order valence-corrected chi connectivity index (χ0v) is 14.5. The zero-order valence-electron chi connectivity index (χ0n) is 12.3. The molecule has 0 aliphatic heterocycles. The molecule has 0 unspecified atom stereocenters. The maximum absolute atomic E-state index is 11.8. The van der Waals surface area contributed by atoms with Gasteiger partial charge in [0.2, 0.25) is 0 Å². The van der Waals surface area contributed by atoms with Crippen molar-refractivity contribution in [2.75, 3.05) is 18.5 Å². The first-order chi connectivity index (χ1) is 11.3. The molecule has 10 heteroatoms. The second-order valence-corrected chi connectivity index (χ2v) is 5.77. The molecule has 1 aromatic carbocycles. The molecule has 0 saturated heterocycles. The van der Waals surface area contributed by atoms with Crippen molar-refractivity contribution in [2.45, 2.75) is 6.92 Å². The van der Waals surface area contributed by atoms with Crippen LogP contribution in [-0.4, -0.2) is 30.2 Å². The number of nitrogens with one attached hydrogen (secondary N) is 1. The van der Waals surface area contributed by atoms with Gasteiger partial charge >= 0.3 is 5.97 Å². The van der Waals surface area contributed by atoms with Crippen molar-refractivity contribution >= 4 is 52.4 Å². The van der Waals surface area contributed by atoms with Crippen molar-refractivity contribution in [1.29, 1.82) is 0 Å². The molecule has 0 aliphatic carbocycles. The van der Waals surface area contributed by atoms with E-state index in [9.17, 15) is 9.59 Å². The minimum atomic E-state index is -0.751. The third-order valence-electron chi connectivity index (χ3n) is 2.58. The number of nitrogens with zero attached hydrogens (tertiary/aromatic N) is 1. The highest BCUT2D eigenvalue weighted by atomic mass is 35.5. The second-order valence-electron chi connectivity index (χ2n) is 4.52. The second kappa shape index (κ2) is 8.23. The molecule has 0 spiro atoms. The molecule has 1 heterocycles. The quantitative estimate of drug-likeness (QED) is 0.755. The van der Waals surface area contributed by atoms with Gasteiger partial charge in [-0.2, -0.15) is 0 Å². The Kier molecular flexibility index (Phi) is 6.30. The number of carbonyl (C=O) groups is 2. The molecule has 1 aromatic heterocycles. The van der Waals surface area contributed by atoms with Crippen molar-refractivity contribution in [3.8, 4) is 5.88 Å². The molecule has 128 valence electrons. The molecule has 0 fully saturated rings. The maximum Gasteiger partial charge on any atom is 0.344 e. The summed E-state index contributed by atoms with van der Waals surface area (Å²) in [6.07, 6.45) is 0. The van der Waals surface area contributed by atoms with E-state index < -0.39 is 25.1 Å². The Labute approximate surface area is 151 Å². The number of halogens is 3. The number of aromatic nitrogens is 1. The molecule has 7 nitrogen and oxygen atoms in total. The molecule has 2 aromatic rings. The fraction of sp³-hybridized carbons (Fsp3) is 0.214. The molecule has 0 aliphatic rings. The summed E-state index contributed by atoms with van der Waals surface area (Å²) in [4.78, 5) is 23.3. The number of carbonyl (C=O) groups excluding carboxylic acids is 2. The number of hydrogen-bond acceptors (Lipinski definition) is 6. The predicted molar refractivity (Wildman–Crippen MR) is 87.8 cm³/mol. The summed E-state index contributed by atoms with van der Waals surface area (Å²) in [5.41, 5.74) is 0.179. The van der Waals surface area contributed by atoms with Gasteiger partial charge in [0.1, 0.15) is 5.76 Å². The highest BCUT2D eigenvalue weighted by molar-refractivity contribution is 6.42. The van der Waals surface area contributed by atoms with Crippen molar-refractivity contribution < 1.29 is 23.6 Å². The lowest BCUT2D eigenvalue weighted by atomic mass is 10.3. The fourth-order valence-corrected chi connectivity index (χ4v) is 2.48. The van der Waals surface area contributed by atoms with Gasteiger partial charge < -0.3 is 19.3 Å². The first-order valence-electron chi connectivity index (χ1n) is 6.51. The van der Waals surface area contributed by atoms with Gasteiger partial charge in [0.25, 0.3) is 11.8 Å². The van der Waals surface area contributed by atoms with Gasteiger partial charge in [0, 0.05) is 11.1 Å². The van der Waals surface area contributed by atoms with E-state index in [1.807, 2.05) is 0 Å². The van der Waals surface area contributed by atoms with Gasteiger partial charge in [0.15, 0.2) is 13.2 Å². The van der Waals surface area contributed by atoms with Crippen LogP contribution < -0.4 is 10.1 Å². The number of ether oxygens (including phenoxy) is 2. The number of hydrogen-bond donors (Lipinski definition) is 1. The van der Waals surface area contributed by atoms with E-state index in [1.165, 1.54) is 18.2 Å². The summed E-state index contributed by atoms with van der Waals surface area (Å²) in [6.45, 7) is 0.729. The van der Waals surface area contributed by atoms with Crippen molar-refractivity contribution in [2.24, 2.45) is 0 Å². The minimum Gasteiger partial charge on any atom is -0.463 e. The van der Waals surface area contributed by atoms with Crippen molar-refractivity contribution in [1.82, 2.24) is 5.16 Å². The van der Waals surface area contributed by atoms with Crippen LogP contribution in [0.15, 0.2) is 22.7 Å². The standard InChI is InChI=1S/C14H11Cl3N2O5/c1-7-2-12(19-24-7)22-6-13(21)23-5-11(20)18-14-9(16)3-8(15)4-10(14)17/h2-4H,5-6H2,1H3,(H,18,20). The van der Waals surface area contributed by atoms with Crippen LogP contribution in [0.2, 0.25) is 15.1 Å². The Morgan fingerprint density at radius 2 is 1.83 bits per heavy atom. The fourth-order valence-electron chi connectivity index (χ4n) is 1.57. The van der Waals surface area contributed by atoms with Crippen LogP contribution in [0, 0.1) is 6.92 Å². The Morgan fingerprint density at radius 3 is 2.42 bits per heavy atom. The lowest BCUT2D eigenvalue weighted by molar-refractivity contribution is -0.149. The number of amides is 1. The predicted octanol–water partition coefficient (Wildman–Crippen LogP) is 3.50. The summed E-state index contributed by atoms with van der Waals surface area (Å²) in [5, 5.41) is 6.63. The van der Waals surface area contributed by atoms with Gasteiger partial charge in [-0.25, -0.2) is 4.79 Å². The van der Waals surface area contributed by atoms with Crippen LogP contribution in [0.1, 0.15) is 5.76 Å². The molecule has 2 rings (SSSR count). The largest absolute Gasteiger partial charge is 0.463 e. The van der Waals surface area contributed by atoms with Gasteiger partial charge in [-0.15, -0.1) is 0 Å². The monoisotopic (exact) mass is 392 g/mol. The van der Waals surface area contributed by atoms with E-state index in [0.29, 0.717) is 10.8 Å². The number of benzene rings is 1. The van der Waals surface area contributed by atoms with E-state index >= 15 is 0 Å². The summed E-state index contributed by atoms with van der Waals surface area (Å²) in [6, 6.07) is 4.35. The van der Waals surface area contributed by atoms with Gasteiger partial charge in [-0.1, -0.05) is 34.8 Å². The normalized spacial score (nSPS) is 10.3. The third kappa shape index (κ3) is 5.30. The van der Waals surface area contributed by atoms with Crippen molar-refractivity contribution in [3.05, 3.63) is 39.0 Å². The number of rotatable bonds is 6. The Morgan fingerprint density at radius 1 is 1.17 bits per heavy atom. The van der Waals surface area contributed by atoms with E-state index in [4.69, 9.17) is 48.8 Å². The highest BCUT2D eigenvalue weighted by Gasteiger charge is 2.14. The molecule has 0 radical (unpaired) electrons. The molecule has 0 saturated carbocycles. The first-order valence-corrected chi connectivity index (χ1v) is 7.64. The Hall–Kier alpha value is -1.96. The van der Waals surface area contributed by atoms with Crippen LogP contribution in [0.25, 0.3) is 0 Å². The molecular formula is C14H11Cl3N2O5. The van der Waals surface area contributed by atoms with Gasteiger partial charge in [0.05, 0.1) is 15.7 Å². The lowest BCUT2D eigenvalue weighted by Gasteiger charge is -2.10. The lowest BCUT2D eigenvalue weighted by Crippen LogP contribution is -2.24.